The molecule has 0 unspecified atom stereocenters. The molecule has 1 aromatic heterocycles. The average Bonchev–Trinajstić information content (AvgIpc) is 2.83. The number of carbonyl (C=O) groups is 1. The molecule has 6 nitrogen and oxygen atoms in total. The second-order valence-electron chi connectivity index (χ2n) is 6.00. The van der Waals surface area contributed by atoms with Crippen LogP contribution in [0, 0.1) is 11.2 Å². The lowest BCUT2D eigenvalue weighted by molar-refractivity contribution is -0.123. The predicted molar refractivity (Wildman–Crippen MR) is 75.0 cm³/mol. The van der Waals surface area contributed by atoms with Crippen LogP contribution in [-0.4, -0.2) is 26.1 Å². The maximum absolute atomic E-state index is 12.9. The zero-order valence-electron chi connectivity index (χ0n) is 12.3. The molecule has 7 heteroatoms. The fraction of sp³-hybridized carbons (Fsp3) is 0.429. The Morgan fingerprint density at radius 1 is 1.29 bits per heavy atom. The highest BCUT2D eigenvalue weighted by molar-refractivity contribution is 5.76. The number of aromatic nitrogens is 4. The summed E-state index contributed by atoms with van der Waals surface area (Å²) in [6.07, 6.45) is 0.422. The minimum Gasteiger partial charge on any atom is -0.349 e. The molecule has 0 aliphatic rings. The third-order valence-electron chi connectivity index (χ3n) is 2.74. The van der Waals surface area contributed by atoms with Crippen molar-refractivity contribution in [1.29, 1.82) is 0 Å². The number of nitrogens with zero attached hydrogens (tertiary/aromatic N) is 4. The Kier molecular flexibility index (Phi) is 4.30. The van der Waals surface area contributed by atoms with Gasteiger partial charge in [0.25, 0.3) is 0 Å². The Morgan fingerprint density at radius 3 is 2.57 bits per heavy atom. The smallest absolute Gasteiger partial charge is 0.220 e. The van der Waals surface area contributed by atoms with Crippen LogP contribution in [0.2, 0.25) is 0 Å². The van der Waals surface area contributed by atoms with Crippen molar-refractivity contribution >= 4 is 5.91 Å². The zero-order valence-corrected chi connectivity index (χ0v) is 12.3. The van der Waals surface area contributed by atoms with Gasteiger partial charge in [0.15, 0.2) is 5.82 Å². The summed E-state index contributed by atoms with van der Waals surface area (Å²) in [5.74, 6) is 0.104. The third-order valence-corrected chi connectivity index (χ3v) is 2.74. The van der Waals surface area contributed by atoms with Gasteiger partial charge in [-0.2, -0.15) is 4.68 Å². The number of tetrazole rings is 1. The first kappa shape index (κ1) is 15.1. The molecule has 0 fully saturated rings. The third kappa shape index (κ3) is 4.34. The van der Waals surface area contributed by atoms with E-state index in [9.17, 15) is 9.18 Å². The van der Waals surface area contributed by atoms with E-state index in [2.05, 4.69) is 20.8 Å². The number of benzene rings is 1. The summed E-state index contributed by atoms with van der Waals surface area (Å²) in [4.78, 5) is 11.8. The summed E-state index contributed by atoms with van der Waals surface area (Å²) in [7, 11) is 0. The first-order valence-electron chi connectivity index (χ1n) is 6.65. The molecular weight excluding hydrogens is 273 g/mol. The SMILES string of the molecule is CC(C)(C)CC(=O)NCc1nnnn1-c1ccc(F)cc1. The second-order valence-corrected chi connectivity index (χ2v) is 6.00. The molecule has 1 amide bonds. The van der Waals surface area contributed by atoms with Gasteiger partial charge in [-0.25, -0.2) is 4.39 Å². The van der Waals surface area contributed by atoms with Crippen LogP contribution >= 0.6 is 0 Å². The topological polar surface area (TPSA) is 72.7 Å². The fourth-order valence-electron chi connectivity index (χ4n) is 1.82. The standard InChI is InChI=1S/C14H18FN5O/c1-14(2,3)8-13(21)16-9-12-17-18-19-20(12)11-6-4-10(15)5-7-11/h4-7H,8-9H2,1-3H3,(H,16,21). The van der Waals surface area contributed by atoms with Crippen molar-refractivity contribution in [3.63, 3.8) is 0 Å². The lowest BCUT2D eigenvalue weighted by Crippen LogP contribution is -2.28. The van der Waals surface area contributed by atoms with Crippen LogP contribution in [0.3, 0.4) is 0 Å². The summed E-state index contributed by atoms with van der Waals surface area (Å²) < 4.78 is 14.4. The maximum Gasteiger partial charge on any atom is 0.220 e. The number of amides is 1. The zero-order chi connectivity index (χ0) is 15.5. The molecule has 2 aromatic rings. The predicted octanol–water partition coefficient (Wildman–Crippen LogP) is 1.85. The van der Waals surface area contributed by atoms with Gasteiger partial charge in [-0.15, -0.1) is 5.10 Å². The highest BCUT2D eigenvalue weighted by Crippen LogP contribution is 2.18. The van der Waals surface area contributed by atoms with Crippen LogP contribution in [0.4, 0.5) is 4.39 Å². The van der Waals surface area contributed by atoms with Crippen molar-refractivity contribution in [3.05, 3.63) is 35.9 Å². The van der Waals surface area contributed by atoms with Crippen molar-refractivity contribution in [1.82, 2.24) is 25.5 Å². The Labute approximate surface area is 122 Å². The number of rotatable bonds is 4. The van der Waals surface area contributed by atoms with Crippen LogP contribution in [0.1, 0.15) is 33.0 Å². The van der Waals surface area contributed by atoms with Crippen LogP contribution in [0.5, 0.6) is 0 Å². The minimum absolute atomic E-state index is 0.0591. The molecule has 0 aliphatic heterocycles. The summed E-state index contributed by atoms with van der Waals surface area (Å²) in [6.45, 7) is 6.21. The highest BCUT2D eigenvalue weighted by Gasteiger charge is 2.16. The van der Waals surface area contributed by atoms with Crippen molar-refractivity contribution in [2.45, 2.75) is 33.7 Å². The second kappa shape index (κ2) is 5.99. The largest absolute Gasteiger partial charge is 0.349 e. The number of hydrogen-bond donors (Lipinski definition) is 1. The van der Waals surface area contributed by atoms with Gasteiger partial charge < -0.3 is 5.32 Å². The molecule has 0 saturated carbocycles. The molecule has 0 radical (unpaired) electrons. The van der Waals surface area contributed by atoms with E-state index in [1.165, 1.54) is 16.8 Å². The van der Waals surface area contributed by atoms with E-state index in [1.54, 1.807) is 12.1 Å². The van der Waals surface area contributed by atoms with Crippen LogP contribution < -0.4 is 5.32 Å². The quantitative estimate of drug-likeness (QED) is 0.933. The van der Waals surface area contributed by atoms with E-state index in [1.807, 2.05) is 20.8 Å². The number of nitrogens with one attached hydrogen (secondary N) is 1. The molecule has 1 N–H and O–H groups in total. The van der Waals surface area contributed by atoms with E-state index in [0.29, 0.717) is 17.9 Å². The van der Waals surface area contributed by atoms with E-state index in [0.717, 1.165) is 0 Å². The molecular formula is C14H18FN5O. The van der Waals surface area contributed by atoms with Gasteiger partial charge in [-0.05, 0) is 40.1 Å². The Morgan fingerprint density at radius 2 is 1.95 bits per heavy atom. The molecule has 0 aliphatic carbocycles. The van der Waals surface area contributed by atoms with Gasteiger partial charge in [-0.1, -0.05) is 20.8 Å². The summed E-state index contributed by atoms with van der Waals surface area (Å²) in [5, 5.41) is 14.1. The van der Waals surface area contributed by atoms with E-state index in [-0.39, 0.29) is 23.7 Å². The molecule has 1 aromatic carbocycles. The van der Waals surface area contributed by atoms with Gasteiger partial charge in [0.1, 0.15) is 5.82 Å². The van der Waals surface area contributed by atoms with Crippen LogP contribution in [0.15, 0.2) is 24.3 Å². The molecule has 112 valence electrons. The first-order valence-corrected chi connectivity index (χ1v) is 6.65. The summed E-state index contributed by atoms with van der Waals surface area (Å²) in [6, 6.07) is 5.82. The molecule has 21 heavy (non-hydrogen) atoms. The Bertz CT molecular complexity index is 615. The van der Waals surface area contributed by atoms with Crippen LogP contribution in [0.25, 0.3) is 5.69 Å². The molecule has 0 atom stereocenters. The van der Waals surface area contributed by atoms with Crippen molar-refractivity contribution in [2.24, 2.45) is 5.41 Å². The van der Waals surface area contributed by atoms with E-state index >= 15 is 0 Å². The van der Waals surface area contributed by atoms with Crippen molar-refractivity contribution in [3.8, 4) is 5.69 Å². The number of halogens is 1. The van der Waals surface area contributed by atoms with Crippen LogP contribution in [-0.2, 0) is 11.3 Å². The van der Waals surface area contributed by atoms with Crippen molar-refractivity contribution in [2.75, 3.05) is 0 Å². The molecule has 2 rings (SSSR count). The first-order chi connectivity index (χ1) is 9.85. The maximum atomic E-state index is 12.9. The van der Waals surface area contributed by atoms with Gasteiger partial charge in [-0.3, -0.25) is 4.79 Å². The minimum atomic E-state index is -0.327. The molecule has 0 saturated heterocycles. The Hall–Kier alpha value is -2.31. The summed E-state index contributed by atoms with van der Waals surface area (Å²) >= 11 is 0. The normalized spacial score (nSPS) is 11.4. The van der Waals surface area contributed by atoms with Gasteiger partial charge in [0, 0.05) is 6.42 Å². The highest BCUT2D eigenvalue weighted by atomic mass is 19.1. The monoisotopic (exact) mass is 291 g/mol. The number of hydrogen-bond acceptors (Lipinski definition) is 4. The number of carbonyl (C=O) groups excluding carboxylic acids is 1. The fourth-order valence-corrected chi connectivity index (χ4v) is 1.82. The Balaban J connectivity index is 2.04. The van der Waals surface area contributed by atoms with E-state index < -0.39 is 0 Å². The average molecular weight is 291 g/mol. The molecule has 0 spiro atoms. The van der Waals surface area contributed by atoms with Gasteiger partial charge in [0.05, 0.1) is 12.2 Å². The molecule has 1 heterocycles. The lowest BCUT2D eigenvalue weighted by atomic mass is 9.92. The lowest BCUT2D eigenvalue weighted by Gasteiger charge is -2.17. The van der Waals surface area contributed by atoms with Crippen molar-refractivity contribution < 1.29 is 9.18 Å². The van der Waals surface area contributed by atoms with Gasteiger partial charge >= 0.3 is 0 Å². The van der Waals surface area contributed by atoms with E-state index in [4.69, 9.17) is 0 Å². The summed E-state index contributed by atoms with van der Waals surface area (Å²) in [5.41, 5.74) is 0.564. The van der Waals surface area contributed by atoms with Gasteiger partial charge in [0.2, 0.25) is 5.91 Å². The molecule has 0 bridgehead atoms.